The Morgan fingerprint density at radius 3 is 2.79 bits per heavy atom. The standard InChI is InChI=1S/C15H13ClN2O6/c1-9(13-3-2-6-23-13)17-14(19)8-24-15(20)11-7-10(18(21)22)4-5-12(11)16/h2-7,9H,8H2,1H3,(H,17,19)/t9-/m0/s1. The average molecular weight is 353 g/mol. The molecule has 1 aromatic heterocycles. The number of amides is 1. The van der Waals surface area contributed by atoms with Gasteiger partial charge in [0.25, 0.3) is 11.6 Å². The molecule has 1 aromatic carbocycles. The van der Waals surface area contributed by atoms with Gasteiger partial charge < -0.3 is 14.5 Å². The minimum Gasteiger partial charge on any atom is -0.467 e. The third-order valence-electron chi connectivity index (χ3n) is 3.06. The first kappa shape index (κ1) is 17.5. The highest BCUT2D eigenvalue weighted by Crippen LogP contribution is 2.22. The highest BCUT2D eigenvalue weighted by Gasteiger charge is 2.19. The zero-order valence-electron chi connectivity index (χ0n) is 12.5. The van der Waals surface area contributed by atoms with Gasteiger partial charge in [0, 0.05) is 12.1 Å². The van der Waals surface area contributed by atoms with Crippen LogP contribution in [-0.2, 0) is 9.53 Å². The number of non-ortho nitro benzene ring substituents is 1. The van der Waals surface area contributed by atoms with E-state index in [9.17, 15) is 19.7 Å². The van der Waals surface area contributed by atoms with Crippen molar-refractivity contribution in [3.63, 3.8) is 0 Å². The summed E-state index contributed by atoms with van der Waals surface area (Å²) in [5.41, 5.74) is -0.486. The molecule has 0 aliphatic rings. The number of ether oxygens (including phenoxy) is 1. The zero-order chi connectivity index (χ0) is 17.7. The van der Waals surface area contributed by atoms with Crippen LogP contribution in [0.5, 0.6) is 0 Å². The van der Waals surface area contributed by atoms with Crippen LogP contribution in [0.1, 0.15) is 29.1 Å². The second kappa shape index (κ2) is 7.60. The molecule has 24 heavy (non-hydrogen) atoms. The molecular weight excluding hydrogens is 340 g/mol. The van der Waals surface area contributed by atoms with Crippen molar-refractivity contribution in [3.8, 4) is 0 Å². The van der Waals surface area contributed by atoms with Gasteiger partial charge in [0.15, 0.2) is 6.61 Å². The van der Waals surface area contributed by atoms with Crippen LogP contribution in [0.4, 0.5) is 5.69 Å². The minimum atomic E-state index is -0.926. The summed E-state index contributed by atoms with van der Waals surface area (Å²) in [4.78, 5) is 33.8. The molecule has 1 atom stereocenters. The van der Waals surface area contributed by atoms with Gasteiger partial charge in [0.1, 0.15) is 5.76 Å². The van der Waals surface area contributed by atoms with Crippen molar-refractivity contribution in [2.24, 2.45) is 0 Å². The highest BCUT2D eigenvalue weighted by molar-refractivity contribution is 6.33. The van der Waals surface area contributed by atoms with Crippen LogP contribution >= 0.6 is 11.6 Å². The first-order chi connectivity index (χ1) is 11.4. The Balaban J connectivity index is 1.94. The van der Waals surface area contributed by atoms with Gasteiger partial charge in [-0.15, -0.1) is 0 Å². The first-order valence-corrected chi connectivity index (χ1v) is 7.20. The monoisotopic (exact) mass is 352 g/mol. The van der Waals surface area contributed by atoms with E-state index >= 15 is 0 Å². The number of nitro benzene ring substituents is 1. The van der Waals surface area contributed by atoms with Gasteiger partial charge in [-0.2, -0.15) is 0 Å². The van der Waals surface area contributed by atoms with Gasteiger partial charge >= 0.3 is 5.97 Å². The number of nitro groups is 1. The third kappa shape index (κ3) is 4.32. The maximum Gasteiger partial charge on any atom is 0.340 e. The third-order valence-corrected chi connectivity index (χ3v) is 3.39. The summed E-state index contributed by atoms with van der Waals surface area (Å²) in [6.45, 7) is 1.15. The van der Waals surface area contributed by atoms with Crippen molar-refractivity contribution in [1.82, 2.24) is 5.32 Å². The number of nitrogens with zero attached hydrogens (tertiary/aromatic N) is 1. The molecule has 0 radical (unpaired) electrons. The summed E-state index contributed by atoms with van der Waals surface area (Å²) in [7, 11) is 0. The Morgan fingerprint density at radius 1 is 1.42 bits per heavy atom. The lowest BCUT2D eigenvalue weighted by Crippen LogP contribution is -2.31. The van der Waals surface area contributed by atoms with Gasteiger partial charge in [-0.25, -0.2) is 4.79 Å². The molecular formula is C15H13ClN2O6. The van der Waals surface area contributed by atoms with Gasteiger partial charge in [0.05, 0.1) is 27.8 Å². The van der Waals surface area contributed by atoms with Crippen molar-refractivity contribution < 1.29 is 23.7 Å². The number of rotatable bonds is 6. The number of furan rings is 1. The van der Waals surface area contributed by atoms with Gasteiger partial charge in [0.2, 0.25) is 0 Å². The van der Waals surface area contributed by atoms with E-state index in [1.807, 2.05) is 0 Å². The van der Waals surface area contributed by atoms with Crippen LogP contribution in [-0.4, -0.2) is 23.4 Å². The van der Waals surface area contributed by atoms with Crippen LogP contribution in [0.3, 0.4) is 0 Å². The molecule has 1 heterocycles. The van der Waals surface area contributed by atoms with Crippen LogP contribution in [0, 0.1) is 10.1 Å². The number of hydrogen-bond acceptors (Lipinski definition) is 6. The molecule has 0 bridgehead atoms. The van der Waals surface area contributed by atoms with Crippen molar-refractivity contribution >= 4 is 29.2 Å². The summed E-state index contributed by atoms with van der Waals surface area (Å²) < 4.78 is 9.97. The van der Waals surface area contributed by atoms with Crippen molar-refractivity contribution in [2.45, 2.75) is 13.0 Å². The fourth-order valence-corrected chi connectivity index (χ4v) is 2.08. The van der Waals surface area contributed by atoms with Gasteiger partial charge in [-0.05, 0) is 25.1 Å². The van der Waals surface area contributed by atoms with Crippen LogP contribution in [0.2, 0.25) is 5.02 Å². The lowest BCUT2D eigenvalue weighted by molar-refractivity contribution is -0.384. The normalized spacial score (nSPS) is 11.6. The Kier molecular flexibility index (Phi) is 5.54. The molecule has 1 amide bonds. The first-order valence-electron chi connectivity index (χ1n) is 6.82. The number of halogens is 1. The molecule has 0 spiro atoms. The number of hydrogen-bond donors (Lipinski definition) is 1. The lowest BCUT2D eigenvalue weighted by Gasteiger charge is -2.11. The van der Waals surface area contributed by atoms with E-state index in [0.717, 1.165) is 12.1 Å². The molecule has 8 nitrogen and oxygen atoms in total. The summed E-state index contributed by atoms with van der Waals surface area (Å²) in [6.07, 6.45) is 1.47. The quantitative estimate of drug-likeness (QED) is 0.486. The van der Waals surface area contributed by atoms with E-state index in [-0.39, 0.29) is 16.3 Å². The average Bonchev–Trinajstić information content (AvgIpc) is 3.07. The van der Waals surface area contributed by atoms with Crippen LogP contribution in [0.15, 0.2) is 41.0 Å². The maximum atomic E-state index is 11.9. The molecule has 9 heteroatoms. The van der Waals surface area contributed by atoms with E-state index in [0.29, 0.717) is 5.76 Å². The Labute approximate surface area is 141 Å². The largest absolute Gasteiger partial charge is 0.467 e. The van der Waals surface area contributed by atoms with Crippen LogP contribution in [0.25, 0.3) is 0 Å². The molecule has 1 N–H and O–H groups in total. The molecule has 2 rings (SSSR count). The maximum absolute atomic E-state index is 11.9. The smallest absolute Gasteiger partial charge is 0.340 e. The predicted octanol–water partition coefficient (Wildman–Crippen LogP) is 2.88. The Hall–Kier alpha value is -2.87. The fourth-order valence-electron chi connectivity index (χ4n) is 1.88. The molecule has 2 aromatic rings. The number of carbonyl (C=O) groups excluding carboxylic acids is 2. The number of esters is 1. The van der Waals surface area contributed by atoms with Crippen LogP contribution < -0.4 is 5.32 Å². The Bertz CT molecular complexity index is 759. The highest BCUT2D eigenvalue weighted by atomic mass is 35.5. The number of benzene rings is 1. The fraction of sp³-hybridized carbons (Fsp3) is 0.200. The second-order valence-electron chi connectivity index (χ2n) is 4.80. The van der Waals surface area contributed by atoms with Crippen molar-refractivity contribution in [3.05, 3.63) is 63.1 Å². The summed E-state index contributed by atoms with van der Waals surface area (Å²) in [6, 6.07) is 6.36. The Morgan fingerprint density at radius 2 is 2.17 bits per heavy atom. The van der Waals surface area contributed by atoms with E-state index < -0.39 is 29.4 Å². The topological polar surface area (TPSA) is 112 Å². The molecule has 0 fully saturated rings. The number of nitrogens with one attached hydrogen (secondary N) is 1. The number of carbonyl (C=O) groups is 2. The molecule has 126 valence electrons. The summed E-state index contributed by atoms with van der Waals surface area (Å²) in [5.74, 6) is -0.922. The summed E-state index contributed by atoms with van der Waals surface area (Å²) >= 11 is 5.83. The zero-order valence-corrected chi connectivity index (χ0v) is 13.3. The lowest BCUT2D eigenvalue weighted by atomic mass is 10.2. The minimum absolute atomic E-state index is 0.00467. The predicted molar refractivity (Wildman–Crippen MR) is 83.7 cm³/mol. The SMILES string of the molecule is C[C@H](NC(=O)COC(=O)c1cc([N+](=O)[O-])ccc1Cl)c1ccco1. The van der Waals surface area contributed by atoms with Crippen molar-refractivity contribution in [1.29, 1.82) is 0 Å². The summed E-state index contributed by atoms with van der Waals surface area (Å²) in [5, 5.41) is 13.3. The second-order valence-corrected chi connectivity index (χ2v) is 5.21. The molecule has 0 aliphatic heterocycles. The molecule has 0 saturated heterocycles. The molecule has 0 aliphatic carbocycles. The van der Waals surface area contributed by atoms with E-state index in [4.69, 9.17) is 20.8 Å². The van der Waals surface area contributed by atoms with E-state index in [1.54, 1.807) is 19.1 Å². The molecule has 0 saturated carbocycles. The van der Waals surface area contributed by atoms with Gasteiger partial charge in [-0.1, -0.05) is 11.6 Å². The molecule has 0 unspecified atom stereocenters. The van der Waals surface area contributed by atoms with E-state index in [2.05, 4.69) is 5.32 Å². The van der Waals surface area contributed by atoms with Gasteiger partial charge in [-0.3, -0.25) is 14.9 Å². The van der Waals surface area contributed by atoms with Crippen molar-refractivity contribution in [2.75, 3.05) is 6.61 Å². The van der Waals surface area contributed by atoms with E-state index in [1.165, 1.54) is 12.3 Å².